The van der Waals surface area contributed by atoms with Crippen LogP contribution in [0.3, 0.4) is 0 Å². The summed E-state index contributed by atoms with van der Waals surface area (Å²) < 4.78 is 5.31. The summed E-state index contributed by atoms with van der Waals surface area (Å²) in [4.78, 5) is 44.6. The molecule has 40 heavy (non-hydrogen) atoms. The third-order valence-electron chi connectivity index (χ3n) is 8.36. The number of amides is 4. The highest BCUT2D eigenvalue weighted by Crippen LogP contribution is 2.31. The van der Waals surface area contributed by atoms with E-state index < -0.39 is 22.6 Å². The summed E-state index contributed by atoms with van der Waals surface area (Å²) in [5.74, 6) is -0.424. The molecule has 5 N–H and O–H groups in total. The van der Waals surface area contributed by atoms with Gasteiger partial charge in [0.25, 0.3) is 0 Å². The van der Waals surface area contributed by atoms with Crippen molar-refractivity contribution in [1.82, 2.24) is 9.80 Å². The zero-order valence-electron chi connectivity index (χ0n) is 23.2. The Balaban J connectivity index is 1.70. The average Bonchev–Trinajstić information content (AvgIpc) is 3.36. The lowest BCUT2D eigenvalue weighted by molar-refractivity contribution is -0.784. The van der Waals surface area contributed by atoms with Crippen LogP contribution in [0.4, 0.5) is 9.59 Å². The molecule has 0 saturated carbocycles. The molecule has 2 fully saturated rings. The first-order valence-electron chi connectivity index (χ1n) is 14.0. The highest BCUT2D eigenvalue weighted by Gasteiger charge is 2.55. The van der Waals surface area contributed by atoms with Crippen molar-refractivity contribution in [1.29, 1.82) is 5.41 Å². The van der Waals surface area contributed by atoms with Crippen LogP contribution in [0.25, 0.3) is 0 Å². The van der Waals surface area contributed by atoms with Crippen molar-refractivity contribution in [2.75, 3.05) is 26.2 Å². The number of hydrogen-bond acceptors (Lipinski definition) is 5. The zero-order valence-corrected chi connectivity index (χ0v) is 23.2. The zero-order chi connectivity index (χ0) is 28.7. The molecular formula is C30H41N6O4+. The summed E-state index contributed by atoms with van der Waals surface area (Å²) in [6.45, 7) is 3.65. The lowest BCUT2D eigenvalue weighted by Crippen LogP contribution is -2.67. The van der Waals surface area contributed by atoms with Gasteiger partial charge in [0, 0.05) is 38.9 Å². The Morgan fingerprint density at radius 2 is 1.68 bits per heavy atom. The number of primary amides is 1. The highest BCUT2D eigenvalue weighted by atomic mass is 16.6. The van der Waals surface area contributed by atoms with Gasteiger partial charge in [0.05, 0.1) is 6.54 Å². The Kier molecular flexibility index (Phi) is 9.42. The second-order valence-electron chi connectivity index (χ2n) is 11.0. The Labute approximate surface area is 235 Å². The van der Waals surface area contributed by atoms with E-state index in [1.54, 1.807) is 4.90 Å². The van der Waals surface area contributed by atoms with Gasteiger partial charge in [-0.25, -0.2) is 14.4 Å². The Hall–Kier alpha value is -3.92. The Morgan fingerprint density at radius 3 is 2.25 bits per heavy atom. The number of nitrogens with two attached hydrogens (primary N) is 2. The van der Waals surface area contributed by atoms with Crippen LogP contribution >= 0.6 is 0 Å². The van der Waals surface area contributed by atoms with Gasteiger partial charge in [0.2, 0.25) is 0 Å². The molecule has 0 spiro atoms. The maximum atomic E-state index is 14.5. The van der Waals surface area contributed by atoms with Crippen LogP contribution in [-0.4, -0.2) is 76.5 Å². The maximum Gasteiger partial charge on any atom is 0.421 e. The summed E-state index contributed by atoms with van der Waals surface area (Å²) >= 11 is 0. The van der Waals surface area contributed by atoms with Gasteiger partial charge in [-0.3, -0.25) is 10.3 Å². The number of guanidine groups is 1. The van der Waals surface area contributed by atoms with Gasteiger partial charge >= 0.3 is 18.0 Å². The summed E-state index contributed by atoms with van der Waals surface area (Å²) in [5, 5.41) is 7.91. The lowest BCUT2D eigenvalue weighted by atomic mass is 9.95. The minimum atomic E-state index is -0.966. The van der Waals surface area contributed by atoms with E-state index in [1.807, 2.05) is 67.6 Å². The fourth-order valence-electron chi connectivity index (χ4n) is 6.12. The second-order valence-corrected chi connectivity index (χ2v) is 11.0. The van der Waals surface area contributed by atoms with E-state index in [0.717, 1.165) is 24.0 Å². The topological polar surface area (TPSA) is 143 Å². The third-order valence-corrected chi connectivity index (χ3v) is 8.36. The molecule has 10 nitrogen and oxygen atoms in total. The third kappa shape index (κ3) is 6.44. The number of piperidine rings is 1. The van der Waals surface area contributed by atoms with Gasteiger partial charge in [-0.1, -0.05) is 60.7 Å². The van der Waals surface area contributed by atoms with Gasteiger partial charge < -0.3 is 21.1 Å². The minimum absolute atomic E-state index is 0.0102. The van der Waals surface area contributed by atoms with E-state index in [9.17, 15) is 14.4 Å². The van der Waals surface area contributed by atoms with Crippen molar-refractivity contribution in [2.45, 2.75) is 57.7 Å². The number of benzene rings is 2. The molecular weight excluding hydrogens is 508 g/mol. The highest BCUT2D eigenvalue weighted by molar-refractivity contribution is 5.89. The number of nitrogens with one attached hydrogen (secondary N) is 1. The summed E-state index contributed by atoms with van der Waals surface area (Å²) in [7, 11) is 0. The quantitative estimate of drug-likeness (QED) is 0.262. The van der Waals surface area contributed by atoms with Crippen LogP contribution in [0.1, 0.15) is 43.7 Å². The fourth-order valence-corrected chi connectivity index (χ4v) is 6.12. The molecule has 0 aromatic heterocycles. The number of rotatable bonds is 8. The van der Waals surface area contributed by atoms with Crippen LogP contribution in [0.2, 0.25) is 0 Å². The van der Waals surface area contributed by atoms with Crippen molar-refractivity contribution in [3.05, 3.63) is 71.8 Å². The smallest absolute Gasteiger partial charge is 0.421 e. The monoisotopic (exact) mass is 549 g/mol. The molecule has 10 heteroatoms. The lowest BCUT2D eigenvalue weighted by Gasteiger charge is -2.40. The predicted molar refractivity (Wildman–Crippen MR) is 152 cm³/mol. The van der Waals surface area contributed by atoms with E-state index in [0.29, 0.717) is 32.5 Å². The van der Waals surface area contributed by atoms with Gasteiger partial charge in [-0.05, 0) is 36.8 Å². The molecule has 0 aliphatic carbocycles. The summed E-state index contributed by atoms with van der Waals surface area (Å²) in [6.07, 6.45) is 2.62. The number of urea groups is 1. The molecule has 4 atom stereocenters. The summed E-state index contributed by atoms with van der Waals surface area (Å²) in [6, 6.07) is 16.9. The van der Waals surface area contributed by atoms with E-state index in [-0.39, 0.29) is 43.4 Å². The first kappa shape index (κ1) is 29.1. The van der Waals surface area contributed by atoms with Crippen LogP contribution < -0.4 is 11.5 Å². The first-order valence-corrected chi connectivity index (χ1v) is 14.0. The average molecular weight is 550 g/mol. The molecule has 0 radical (unpaired) electrons. The number of nitrogens with zero attached hydrogens (tertiary/aromatic N) is 3. The van der Waals surface area contributed by atoms with Gasteiger partial charge in [-0.2, -0.15) is 4.48 Å². The molecule has 4 rings (SSSR count). The second kappa shape index (κ2) is 13.0. The van der Waals surface area contributed by atoms with E-state index >= 15 is 0 Å². The van der Waals surface area contributed by atoms with Crippen LogP contribution in [0.5, 0.6) is 0 Å². The van der Waals surface area contributed by atoms with Crippen molar-refractivity contribution in [3.8, 4) is 0 Å². The maximum absolute atomic E-state index is 14.5. The number of imide groups is 1. The Bertz CT molecular complexity index is 1190. The van der Waals surface area contributed by atoms with Gasteiger partial charge in [-0.15, -0.1) is 0 Å². The molecule has 0 bridgehead atoms. The van der Waals surface area contributed by atoms with Crippen molar-refractivity contribution >= 4 is 24.0 Å². The molecule has 2 unspecified atom stereocenters. The predicted octanol–water partition coefficient (Wildman–Crippen LogP) is 3.45. The molecule has 2 aliphatic rings. The van der Waals surface area contributed by atoms with Gasteiger partial charge in [0.15, 0.2) is 12.0 Å². The van der Waals surface area contributed by atoms with Crippen molar-refractivity contribution in [3.63, 3.8) is 0 Å². The van der Waals surface area contributed by atoms with Crippen LogP contribution in [-0.2, 0) is 22.6 Å². The first-order chi connectivity index (χ1) is 19.2. The Morgan fingerprint density at radius 1 is 1.02 bits per heavy atom. The van der Waals surface area contributed by atoms with E-state index in [4.69, 9.17) is 21.6 Å². The molecule has 2 heterocycles. The number of carbonyl (C=O) groups is 3. The normalized spacial score (nSPS) is 23.3. The van der Waals surface area contributed by atoms with Crippen LogP contribution in [0.15, 0.2) is 60.7 Å². The molecule has 2 aromatic carbocycles. The molecule has 214 valence electrons. The van der Waals surface area contributed by atoms with E-state index in [1.165, 1.54) is 4.90 Å². The number of ether oxygens (including phenoxy) is 1. The summed E-state index contributed by atoms with van der Waals surface area (Å²) in [5.41, 5.74) is 13.4. The standard InChI is InChI=1S/C30H40N6O4/c1-22-10-9-17-36(22,29(33)38)27(37)26(18-23-11-4-2-5-12-23)35(20-25-15-8-16-34(19-25)28(31)32)30(39)40-21-24-13-6-3-7-14-24/h2-7,11-14,22,25-26H,8-10,15-21H2,1H3,(H4-,31,32,33,38)/p+1/t22-,25?,26-,36?/m1/s1. The van der Waals surface area contributed by atoms with Crippen molar-refractivity contribution < 1.29 is 23.6 Å². The van der Waals surface area contributed by atoms with Gasteiger partial charge in [0.1, 0.15) is 12.6 Å². The molecule has 4 amide bonds. The molecule has 2 aliphatic heterocycles. The SMILES string of the molecule is C[C@@H]1CCC[N+]1(C(N)=O)C(=O)[C@@H](Cc1ccccc1)N(CC1CCCN(C(=N)N)C1)C(=O)OCc1ccccc1. The van der Waals surface area contributed by atoms with Crippen molar-refractivity contribution in [2.24, 2.45) is 17.4 Å². The minimum Gasteiger partial charge on any atom is -0.445 e. The largest absolute Gasteiger partial charge is 0.445 e. The van der Waals surface area contributed by atoms with Crippen LogP contribution in [0, 0.1) is 11.3 Å². The number of hydrogen-bond donors (Lipinski definition) is 3. The van der Waals surface area contributed by atoms with E-state index in [2.05, 4.69) is 0 Å². The number of quaternary nitrogens is 1. The molecule has 2 saturated heterocycles. The molecule has 2 aromatic rings. The fraction of sp³-hybridized carbons (Fsp3) is 0.467. The number of carbonyl (C=O) groups excluding carboxylic acids is 3. The number of likely N-dealkylation sites (tertiary alicyclic amines) is 2.